The van der Waals surface area contributed by atoms with Crippen molar-refractivity contribution in [1.29, 1.82) is 0 Å². The highest BCUT2D eigenvalue weighted by Gasteiger charge is 2.20. The number of carboxylic acids is 1. The van der Waals surface area contributed by atoms with Crippen LogP contribution in [0.4, 0.5) is 4.79 Å². The van der Waals surface area contributed by atoms with Gasteiger partial charge in [-0.25, -0.2) is 14.4 Å². The maximum absolute atomic E-state index is 12.2. The number of amides is 3. The predicted molar refractivity (Wildman–Crippen MR) is 126 cm³/mol. The molecule has 1 heterocycles. The summed E-state index contributed by atoms with van der Waals surface area (Å²) in [4.78, 5) is 46.4. The van der Waals surface area contributed by atoms with Crippen LogP contribution < -0.4 is 31.5 Å². The van der Waals surface area contributed by atoms with E-state index in [1.807, 2.05) is 12.1 Å². The molecule has 0 saturated carbocycles. The number of carbonyl (C=O) groups is 3. The van der Waals surface area contributed by atoms with Crippen LogP contribution >= 0.6 is 0 Å². The summed E-state index contributed by atoms with van der Waals surface area (Å²) in [5.74, 6) is -0.910. The Labute approximate surface area is 199 Å². The van der Waals surface area contributed by atoms with Crippen molar-refractivity contribution in [3.8, 4) is 22.6 Å². The van der Waals surface area contributed by atoms with E-state index in [0.717, 1.165) is 5.56 Å². The van der Waals surface area contributed by atoms with E-state index in [1.54, 1.807) is 31.4 Å². The van der Waals surface area contributed by atoms with Gasteiger partial charge in [-0.1, -0.05) is 12.1 Å². The zero-order chi connectivity index (χ0) is 25.4. The number of nitrogens with one attached hydrogen (secondary N) is 2. The van der Waals surface area contributed by atoms with E-state index in [9.17, 15) is 24.3 Å². The van der Waals surface area contributed by atoms with Gasteiger partial charge in [-0.15, -0.1) is 0 Å². The molecule has 1 atom stereocenters. The summed E-state index contributed by atoms with van der Waals surface area (Å²) in [7, 11) is 1.56. The summed E-state index contributed by atoms with van der Waals surface area (Å²) < 4.78 is 15.9. The minimum Gasteiger partial charge on any atom is -0.497 e. The van der Waals surface area contributed by atoms with Gasteiger partial charge in [-0.05, 0) is 48.2 Å². The molecule has 5 N–H and O–H groups in total. The standard InChI is InChI=1S/C24H25N3O8/c1-33-15-6-4-14(5-7-15)18-12-22(29)35-20-11-16(8-9-17(18)20)34-13-21(28)27-19(23(30)31)3-2-10-26-24(25)32/h4-9,11-12,19H,2-3,10,13H2,1H3,(H,27,28)(H,30,31)(H3,25,26,32). The molecule has 0 aliphatic rings. The summed E-state index contributed by atoms with van der Waals surface area (Å²) in [6, 6.07) is 11.6. The number of fused-ring (bicyclic) bond motifs is 1. The largest absolute Gasteiger partial charge is 0.497 e. The molecule has 11 nitrogen and oxygen atoms in total. The molecular formula is C24H25N3O8. The Morgan fingerprint density at radius 1 is 1.09 bits per heavy atom. The number of benzene rings is 2. The number of primary amides is 1. The van der Waals surface area contributed by atoms with Gasteiger partial charge in [0.1, 0.15) is 23.1 Å². The number of rotatable bonds is 11. The zero-order valence-corrected chi connectivity index (χ0v) is 18.9. The van der Waals surface area contributed by atoms with Crippen molar-refractivity contribution in [2.75, 3.05) is 20.3 Å². The molecule has 3 amide bonds. The van der Waals surface area contributed by atoms with Crippen LogP contribution in [0.3, 0.4) is 0 Å². The second kappa shape index (κ2) is 11.5. The van der Waals surface area contributed by atoms with E-state index in [2.05, 4.69) is 10.6 Å². The Kier molecular flexibility index (Phi) is 8.28. The van der Waals surface area contributed by atoms with Gasteiger partial charge in [-0.3, -0.25) is 4.79 Å². The Morgan fingerprint density at radius 3 is 2.46 bits per heavy atom. The van der Waals surface area contributed by atoms with Crippen LogP contribution in [0.2, 0.25) is 0 Å². The highest BCUT2D eigenvalue weighted by molar-refractivity contribution is 5.94. The minimum atomic E-state index is -1.21. The van der Waals surface area contributed by atoms with Crippen molar-refractivity contribution in [3.63, 3.8) is 0 Å². The van der Waals surface area contributed by atoms with Gasteiger partial charge in [-0.2, -0.15) is 0 Å². The normalized spacial score (nSPS) is 11.5. The minimum absolute atomic E-state index is 0.0939. The van der Waals surface area contributed by atoms with E-state index in [4.69, 9.17) is 19.6 Å². The van der Waals surface area contributed by atoms with E-state index in [0.29, 0.717) is 23.1 Å². The van der Waals surface area contributed by atoms with Crippen LogP contribution in [0.5, 0.6) is 11.5 Å². The number of hydrogen-bond donors (Lipinski definition) is 4. The first-order valence-electron chi connectivity index (χ1n) is 10.7. The lowest BCUT2D eigenvalue weighted by atomic mass is 10.0. The Hall–Kier alpha value is -4.54. The fraction of sp³-hybridized carbons (Fsp3) is 0.250. The van der Waals surface area contributed by atoms with Gasteiger partial charge in [0, 0.05) is 24.1 Å². The topological polar surface area (TPSA) is 170 Å². The molecule has 11 heteroatoms. The number of ether oxygens (including phenoxy) is 2. The molecule has 35 heavy (non-hydrogen) atoms. The molecule has 0 saturated heterocycles. The van der Waals surface area contributed by atoms with Crippen molar-refractivity contribution < 1.29 is 33.4 Å². The fourth-order valence-corrected chi connectivity index (χ4v) is 3.40. The average molecular weight is 483 g/mol. The molecule has 1 aromatic heterocycles. The van der Waals surface area contributed by atoms with Crippen molar-refractivity contribution in [3.05, 3.63) is 59.0 Å². The quantitative estimate of drug-likeness (QED) is 0.236. The SMILES string of the molecule is COc1ccc(-c2cc(=O)oc3cc(OCC(=O)NC(CCCNC(N)=O)C(=O)O)ccc23)cc1. The maximum atomic E-state index is 12.2. The van der Waals surface area contributed by atoms with Crippen LogP contribution in [0.15, 0.2) is 57.7 Å². The lowest BCUT2D eigenvalue weighted by Gasteiger charge is -2.15. The summed E-state index contributed by atoms with van der Waals surface area (Å²) in [6.07, 6.45) is 0.401. The predicted octanol–water partition coefficient (Wildman–Crippen LogP) is 1.87. The van der Waals surface area contributed by atoms with Crippen molar-refractivity contribution in [2.45, 2.75) is 18.9 Å². The lowest BCUT2D eigenvalue weighted by Crippen LogP contribution is -2.43. The number of hydrogen-bond acceptors (Lipinski definition) is 7. The molecule has 0 radical (unpaired) electrons. The zero-order valence-electron chi connectivity index (χ0n) is 18.9. The van der Waals surface area contributed by atoms with Crippen molar-refractivity contribution in [2.24, 2.45) is 5.73 Å². The van der Waals surface area contributed by atoms with Crippen LogP contribution in [-0.4, -0.2) is 49.3 Å². The molecule has 1 unspecified atom stereocenters. The van der Waals surface area contributed by atoms with E-state index in [1.165, 1.54) is 12.1 Å². The molecule has 3 rings (SSSR count). The summed E-state index contributed by atoms with van der Waals surface area (Å²) in [5, 5.41) is 14.7. The molecule has 0 fully saturated rings. The first-order valence-corrected chi connectivity index (χ1v) is 10.7. The van der Waals surface area contributed by atoms with Crippen LogP contribution in [0, 0.1) is 0 Å². The summed E-state index contributed by atoms with van der Waals surface area (Å²) >= 11 is 0. The lowest BCUT2D eigenvalue weighted by molar-refractivity contribution is -0.142. The third-order valence-electron chi connectivity index (χ3n) is 5.09. The van der Waals surface area contributed by atoms with Crippen molar-refractivity contribution in [1.82, 2.24) is 10.6 Å². The third-order valence-corrected chi connectivity index (χ3v) is 5.09. The number of nitrogens with two attached hydrogens (primary N) is 1. The molecule has 0 spiro atoms. The number of carboxylic acid groups (broad SMARTS) is 1. The van der Waals surface area contributed by atoms with E-state index in [-0.39, 0.29) is 24.3 Å². The highest BCUT2D eigenvalue weighted by Crippen LogP contribution is 2.30. The summed E-state index contributed by atoms with van der Waals surface area (Å²) in [6.45, 7) is -0.260. The molecule has 2 aromatic carbocycles. The van der Waals surface area contributed by atoms with Gasteiger partial charge in [0.15, 0.2) is 6.61 Å². The van der Waals surface area contributed by atoms with Gasteiger partial charge < -0.3 is 35.4 Å². The van der Waals surface area contributed by atoms with Gasteiger partial charge in [0.2, 0.25) is 0 Å². The third kappa shape index (κ3) is 6.97. The molecular weight excluding hydrogens is 458 g/mol. The summed E-state index contributed by atoms with van der Waals surface area (Å²) in [5.41, 5.74) is 6.14. The molecule has 3 aromatic rings. The molecule has 0 aliphatic carbocycles. The second-order valence-corrected chi connectivity index (χ2v) is 7.55. The number of aliphatic carboxylic acids is 1. The van der Waals surface area contributed by atoms with Gasteiger partial charge >= 0.3 is 17.6 Å². The van der Waals surface area contributed by atoms with Gasteiger partial charge in [0.05, 0.1) is 7.11 Å². The number of urea groups is 1. The van der Waals surface area contributed by atoms with Crippen LogP contribution in [0.25, 0.3) is 22.1 Å². The van der Waals surface area contributed by atoms with Gasteiger partial charge in [0.25, 0.3) is 5.91 Å². The Morgan fingerprint density at radius 2 is 1.80 bits per heavy atom. The molecule has 184 valence electrons. The maximum Gasteiger partial charge on any atom is 0.336 e. The van der Waals surface area contributed by atoms with Crippen LogP contribution in [0.1, 0.15) is 12.8 Å². The highest BCUT2D eigenvalue weighted by atomic mass is 16.5. The first kappa shape index (κ1) is 25.1. The number of methoxy groups -OCH3 is 1. The molecule has 0 bridgehead atoms. The molecule has 0 aliphatic heterocycles. The van der Waals surface area contributed by atoms with E-state index < -0.39 is 36.2 Å². The fourth-order valence-electron chi connectivity index (χ4n) is 3.40. The van der Waals surface area contributed by atoms with Crippen molar-refractivity contribution >= 4 is 28.9 Å². The second-order valence-electron chi connectivity index (χ2n) is 7.55. The van der Waals surface area contributed by atoms with E-state index >= 15 is 0 Å². The Bertz CT molecular complexity index is 1270. The monoisotopic (exact) mass is 483 g/mol. The average Bonchev–Trinajstić information content (AvgIpc) is 2.83. The first-order chi connectivity index (χ1) is 16.8. The number of carbonyl (C=O) groups excluding carboxylic acids is 2. The smallest absolute Gasteiger partial charge is 0.336 e. The van der Waals surface area contributed by atoms with Crippen LogP contribution in [-0.2, 0) is 9.59 Å². The Balaban J connectivity index is 1.67.